The van der Waals surface area contributed by atoms with Gasteiger partial charge < -0.3 is 19.6 Å². The minimum Gasteiger partial charge on any atom is -0.496 e. The summed E-state index contributed by atoms with van der Waals surface area (Å²) in [7, 11) is 1.53. The molecule has 0 saturated carbocycles. The van der Waals surface area contributed by atoms with Gasteiger partial charge in [-0.1, -0.05) is 50.0 Å². The third kappa shape index (κ3) is 7.28. The maximum absolute atomic E-state index is 12.7. The number of hydrazone groups is 1. The maximum Gasteiger partial charge on any atom is 0.490 e. The van der Waals surface area contributed by atoms with Gasteiger partial charge in [-0.2, -0.15) is 9.78 Å². The van der Waals surface area contributed by atoms with Gasteiger partial charge in [-0.25, -0.2) is 5.43 Å². The Morgan fingerprint density at radius 3 is 2.58 bits per heavy atom. The van der Waals surface area contributed by atoms with E-state index in [2.05, 4.69) is 53.5 Å². The van der Waals surface area contributed by atoms with Crippen molar-refractivity contribution in [2.75, 3.05) is 7.11 Å². The monoisotopic (exact) mass is 542 g/mol. The van der Waals surface area contributed by atoms with Crippen LogP contribution in [0.25, 0.3) is 0 Å². The lowest BCUT2D eigenvalue weighted by molar-refractivity contribution is -0.394. The van der Waals surface area contributed by atoms with Crippen LogP contribution in [0.3, 0.4) is 0 Å². The Morgan fingerprint density at radius 1 is 1.12 bits per heavy atom. The van der Waals surface area contributed by atoms with Gasteiger partial charge >= 0.3 is 5.95 Å². The fraction of sp³-hybridized carbons (Fsp3) is 0.241. The fourth-order valence-corrected chi connectivity index (χ4v) is 3.87. The number of rotatable bonds is 10. The van der Waals surface area contributed by atoms with Crippen molar-refractivity contribution in [3.05, 3.63) is 111 Å². The number of benzene rings is 3. The molecular formula is C29H30N6O5. The lowest BCUT2D eigenvalue weighted by Crippen LogP contribution is -2.18. The molecule has 4 rings (SSSR count). The van der Waals surface area contributed by atoms with E-state index >= 15 is 0 Å². The number of nitrogens with zero attached hydrogens (tertiary/aromatic N) is 5. The molecule has 0 atom stereocenters. The summed E-state index contributed by atoms with van der Waals surface area (Å²) in [6.07, 6.45) is 2.78. The predicted octanol–water partition coefficient (Wildman–Crippen LogP) is 4.88. The van der Waals surface area contributed by atoms with E-state index in [0.717, 1.165) is 11.3 Å². The first kappa shape index (κ1) is 28.0. The molecule has 206 valence electrons. The third-order valence-electron chi connectivity index (χ3n) is 6.02. The zero-order valence-electron chi connectivity index (χ0n) is 22.7. The quantitative estimate of drug-likeness (QED) is 0.171. The molecule has 0 radical (unpaired) electrons. The first-order chi connectivity index (χ1) is 19.1. The van der Waals surface area contributed by atoms with Gasteiger partial charge in [0.15, 0.2) is 0 Å². The van der Waals surface area contributed by atoms with Crippen LogP contribution in [0.2, 0.25) is 0 Å². The van der Waals surface area contributed by atoms with Crippen LogP contribution in [0.15, 0.2) is 78.2 Å². The Kier molecular flexibility index (Phi) is 8.53. The molecule has 0 fully saturated rings. The van der Waals surface area contributed by atoms with Gasteiger partial charge in [0.25, 0.3) is 5.91 Å². The minimum atomic E-state index is -0.659. The standard InChI is InChI=1S/C29H30N6O5/c1-29(2,3)24-9-11-25(12-10-24)40-18-21-6-5-7-22(15-21)27(36)32-31-16-20-8-13-26(39-4)23(14-20)17-34-19-30-28(33-34)35(37)38/h5-16,19H,17-18H2,1-4H3,(H,32,36)/b31-16-. The molecule has 1 N–H and O–H groups in total. The minimum absolute atomic E-state index is 0.0711. The number of methoxy groups -OCH3 is 1. The van der Waals surface area contributed by atoms with E-state index < -0.39 is 10.9 Å². The third-order valence-corrected chi connectivity index (χ3v) is 6.02. The average Bonchev–Trinajstić information content (AvgIpc) is 3.41. The van der Waals surface area contributed by atoms with Gasteiger partial charge in [0, 0.05) is 16.2 Å². The second-order valence-electron chi connectivity index (χ2n) is 10.0. The Hall–Kier alpha value is -5.06. The van der Waals surface area contributed by atoms with Crippen LogP contribution in [0.1, 0.15) is 53.4 Å². The zero-order chi connectivity index (χ0) is 28.7. The number of hydrogen-bond donors (Lipinski definition) is 1. The van der Waals surface area contributed by atoms with Crippen molar-refractivity contribution in [1.82, 2.24) is 20.2 Å². The highest BCUT2D eigenvalue weighted by atomic mass is 16.6. The van der Waals surface area contributed by atoms with Gasteiger partial charge in [0.05, 0.1) is 19.9 Å². The highest BCUT2D eigenvalue weighted by molar-refractivity contribution is 5.95. The molecular weight excluding hydrogens is 512 g/mol. The molecule has 4 aromatic rings. The van der Waals surface area contributed by atoms with E-state index in [-0.39, 0.29) is 17.9 Å². The van der Waals surface area contributed by atoms with Gasteiger partial charge in [-0.05, 0) is 69.5 Å². The number of nitro groups is 1. The number of ether oxygens (including phenoxy) is 2. The average molecular weight is 543 g/mol. The van der Waals surface area contributed by atoms with Crippen molar-refractivity contribution >= 4 is 18.1 Å². The van der Waals surface area contributed by atoms with E-state index in [0.29, 0.717) is 29.0 Å². The lowest BCUT2D eigenvalue weighted by atomic mass is 9.87. The second kappa shape index (κ2) is 12.2. The summed E-state index contributed by atoms with van der Waals surface area (Å²) in [5, 5.41) is 18.8. The van der Waals surface area contributed by atoms with Crippen molar-refractivity contribution in [3.63, 3.8) is 0 Å². The van der Waals surface area contributed by atoms with Crippen molar-refractivity contribution in [1.29, 1.82) is 0 Å². The molecule has 0 aliphatic heterocycles. The lowest BCUT2D eigenvalue weighted by Gasteiger charge is -2.19. The molecule has 0 saturated heterocycles. The summed E-state index contributed by atoms with van der Waals surface area (Å²) in [6, 6.07) is 20.5. The van der Waals surface area contributed by atoms with Crippen LogP contribution in [-0.2, 0) is 18.6 Å². The van der Waals surface area contributed by atoms with Crippen LogP contribution in [0.4, 0.5) is 5.95 Å². The maximum atomic E-state index is 12.7. The van der Waals surface area contributed by atoms with Crippen LogP contribution in [0.5, 0.6) is 11.5 Å². The summed E-state index contributed by atoms with van der Waals surface area (Å²) in [5.41, 5.74) is 6.53. The van der Waals surface area contributed by atoms with Crippen molar-refractivity contribution in [2.24, 2.45) is 5.10 Å². The van der Waals surface area contributed by atoms with Gasteiger partial charge in [-0.15, -0.1) is 0 Å². The zero-order valence-corrected chi connectivity index (χ0v) is 22.7. The van der Waals surface area contributed by atoms with E-state index in [9.17, 15) is 14.9 Å². The number of nitrogens with one attached hydrogen (secondary N) is 1. The van der Waals surface area contributed by atoms with Crippen LogP contribution in [-0.4, -0.2) is 38.9 Å². The summed E-state index contributed by atoms with van der Waals surface area (Å²) >= 11 is 0. The number of hydrogen-bond acceptors (Lipinski definition) is 8. The molecule has 0 aliphatic carbocycles. The molecule has 1 heterocycles. The first-order valence-corrected chi connectivity index (χ1v) is 12.5. The molecule has 0 aliphatic rings. The molecule has 1 amide bonds. The Balaban J connectivity index is 1.36. The number of carbonyl (C=O) groups excluding carboxylic acids is 1. The van der Waals surface area contributed by atoms with Crippen LogP contribution >= 0.6 is 0 Å². The smallest absolute Gasteiger partial charge is 0.490 e. The Labute approximate surface area is 231 Å². The van der Waals surface area contributed by atoms with E-state index in [1.54, 1.807) is 36.4 Å². The molecule has 0 unspecified atom stereocenters. The largest absolute Gasteiger partial charge is 0.496 e. The van der Waals surface area contributed by atoms with Crippen LogP contribution in [0, 0.1) is 10.1 Å². The molecule has 1 aromatic heterocycles. The Bertz CT molecular complexity index is 1520. The molecule has 11 heteroatoms. The first-order valence-electron chi connectivity index (χ1n) is 12.5. The fourth-order valence-electron chi connectivity index (χ4n) is 3.87. The number of carbonyl (C=O) groups is 1. The molecule has 3 aromatic carbocycles. The summed E-state index contributed by atoms with van der Waals surface area (Å²) in [5.74, 6) is 0.484. The predicted molar refractivity (Wildman–Crippen MR) is 150 cm³/mol. The molecule has 0 bridgehead atoms. The van der Waals surface area contributed by atoms with Crippen LogP contribution < -0.4 is 14.9 Å². The van der Waals surface area contributed by atoms with Gasteiger partial charge in [-0.3, -0.25) is 4.79 Å². The normalized spacial score (nSPS) is 11.4. The van der Waals surface area contributed by atoms with Crippen molar-refractivity contribution in [3.8, 4) is 11.5 Å². The molecule has 0 spiro atoms. The molecule has 11 nitrogen and oxygen atoms in total. The summed E-state index contributed by atoms with van der Waals surface area (Å²) in [6.45, 7) is 7.01. The van der Waals surface area contributed by atoms with Crippen molar-refractivity contribution in [2.45, 2.75) is 39.3 Å². The molecule has 40 heavy (non-hydrogen) atoms. The second-order valence-corrected chi connectivity index (χ2v) is 10.0. The van der Waals surface area contributed by atoms with Gasteiger partial charge in [0.1, 0.15) is 18.1 Å². The summed E-state index contributed by atoms with van der Waals surface area (Å²) < 4.78 is 12.6. The van der Waals surface area contributed by atoms with Gasteiger partial charge in [0.2, 0.25) is 6.33 Å². The Morgan fingerprint density at radius 2 is 1.90 bits per heavy atom. The van der Waals surface area contributed by atoms with E-state index in [4.69, 9.17) is 9.47 Å². The highest BCUT2D eigenvalue weighted by Crippen LogP contribution is 2.25. The topological polar surface area (TPSA) is 134 Å². The number of aromatic nitrogens is 3. The van der Waals surface area contributed by atoms with E-state index in [1.165, 1.54) is 29.9 Å². The van der Waals surface area contributed by atoms with Crippen molar-refractivity contribution < 1.29 is 19.2 Å². The van der Waals surface area contributed by atoms with E-state index in [1.807, 2.05) is 18.2 Å². The SMILES string of the molecule is COc1ccc(/C=N\NC(=O)c2cccc(COc3ccc(C(C)(C)C)cc3)c2)cc1Cn1cnc([N+](=O)[O-])n1. The number of amides is 1. The highest BCUT2D eigenvalue weighted by Gasteiger charge is 2.15. The summed E-state index contributed by atoms with van der Waals surface area (Å²) in [4.78, 5) is 26.6.